The summed E-state index contributed by atoms with van der Waals surface area (Å²) in [6.07, 6.45) is 0.0315. The summed E-state index contributed by atoms with van der Waals surface area (Å²) in [5.41, 5.74) is 0.300. The molecule has 1 atom stereocenters. The molecule has 0 unspecified atom stereocenters. The monoisotopic (exact) mass is 383 g/mol. The van der Waals surface area contributed by atoms with Crippen molar-refractivity contribution >= 4 is 34.8 Å². The fourth-order valence-corrected chi connectivity index (χ4v) is 3.32. The highest BCUT2D eigenvalue weighted by molar-refractivity contribution is 7.10. The van der Waals surface area contributed by atoms with E-state index in [-0.39, 0.29) is 17.4 Å². The fourth-order valence-electron chi connectivity index (χ4n) is 2.25. The average Bonchev–Trinajstić information content (AvgIpc) is 3.14. The number of benzene rings is 1. The molecule has 25 heavy (non-hydrogen) atoms. The van der Waals surface area contributed by atoms with Gasteiger partial charge in [0, 0.05) is 10.4 Å². The van der Waals surface area contributed by atoms with Crippen molar-refractivity contribution in [1.29, 1.82) is 0 Å². The van der Waals surface area contributed by atoms with Gasteiger partial charge in [0.2, 0.25) is 0 Å². The lowest BCUT2D eigenvalue weighted by Gasteiger charge is -2.17. The van der Waals surface area contributed by atoms with Gasteiger partial charge in [0.1, 0.15) is 0 Å². The summed E-state index contributed by atoms with van der Waals surface area (Å²) in [5, 5.41) is 4.96. The highest BCUT2D eigenvalue weighted by Gasteiger charge is 2.22. The van der Waals surface area contributed by atoms with Crippen molar-refractivity contribution in [2.45, 2.75) is 12.5 Å². The Labute approximate surface area is 154 Å². The number of ether oxygens (including phenoxy) is 3. The van der Waals surface area contributed by atoms with Crippen molar-refractivity contribution < 1.29 is 23.8 Å². The number of halogens is 1. The Kier molecular flexibility index (Phi) is 6.66. The zero-order valence-corrected chi connectivity index (χ0v) is 15.6. The summed E-state index contributed by atoms with van der Waals surface area (Å²) in [6.45, 7) is 0. The lowest BCUT2D eigenvalue weighted by Crippen LogP contribution is -2.30. The van der Waals surface area contributed by atoms with Gasteiger partial charge in [0.05, 0.1) is 38.8 Å². The molecule has 0 aliphatic rings. The number of hydrogen-bond donors (Lipinski definition) is 1. The number of carbonyl (C=O) groups excluding carboxylic acids is 2. The van der Waals surface area contributed by atoms with Crippen molar-refractivity contribution in [3.63, 3.8) is 0 Å². The van der Waals surface area contributed by atoms with Crippen LogP contribution < -0.4 is 14.8 Å². The second kappa shape index (κ2) is 8.73. The Morgan fingerprint density at radius 1 is 1.24 bits per heavy atom. The maximum absolute atomic E-state index is 12.6. The zero-order chi connectivity index (χ0) is 18.4. The van der Waals surface area contributed by atoms with Gasteiger partial charge in [0.25, 0.3) is 5.91 Å². The summed E-state index contributed by atoms with van der Waals surface area (Å²) >= 11 is 7.59. The highest BCUT2D eigenvalue weighted by Crippen LogP contribution is 2.36. The Morgan fingerprint density at radius 2 is 2.00 bits per heavy atom. The van der Waals surface area contributed by atoms with Gasteiger partial charge in [-0.2, -0.15) is 0 Å². The number of carbonyl (C=O) groups is 2. The molecule has 2 aromatic rings. The minimum absolute atomic E-state index is 0.0315. The van der Waals surface area contributed by atoms with Crippen LogP contribution in [0.5, 0.6) is 11.5 Å². The molecule has 8 heteroatoms. The van der Waals surface area contributed by atoms with Gasteiger partial charge in [-0.3, -0.25) is 9.59 Å². The van der Waals surface area contributed by atoms with E-state index in [1.165, 1.54) is 44.8 Å². The van der Waals surface area contributed by atoms with E-state index in [2.05, 4.69) is 5.32 Å². The van der Waals surface area contributed by atoms with E-state index in [0.717, 1.165) is 4.88 Å². The molecule has 0 radical (unpaired) electrons. The van der Waals surface area contributed by atoms with E-state index in [1.807, 2.05) is 17.5 Å². The van der Waals surface area contributed by atoms with Crippen molar-refractivity contribution in [1.82, 2.24) is 5.32 Å². The molecular weight excluding hydrogens is 366 g/mol. The van der Waals surface area contributed by atoms with Crippen LogP contribution in [-0.2, 0) is 9.53 Å². The van der Waals surface area contributed by atoms with Gasteiger partial charge in [-0.15, -0.1) is 11.3 Å². The van der Waals surface area contributed by atoms with Gasteiger partial charge < -0.3 is 19.5 Å². The smallest absolute Gasteiger partial charge is 0.307 e. The lowest BCUT2D eigenvalue weighted by atomic mass is 10.1. The molecule has 1 aromatic heterocycles. The van der Waals surface area contributed by atoms with E-state index < -0.39 is 12.0 Å². The van der Waals surface area contributed by atoms with Crippen LogP contribution in [0.25, 0.3) is 0 Å². The van der Waals surface area contributed by atoms with Gasteiger partial charge in [0.15, 0.2) is 11.5 Å². The number of amides is 1. The van der Waals surface area contributed by atoms with Crippen LogP contribution in [0.3, 0.4) is 0 Å². The van der Waals surface area contributed by atoms with Crippen molar-refractivity contribution in [3.8, 4) is 11.5 Å². The molecule has 1 aromatic carbocycles. The Bertz CT molecular complexity index is 748. The predicted molar refractivity (Wildman–Crippen MR) is 95.7 cm³/mol. The van der Waals surface area contributed by atoms with E-state index in [9.17, 15) is 9.59 Å². The Morgan fingerprint density at radius 3 is 2.56 bits per heavy atom. The van der Waals surface area contributed by atoms with Gasteiger partial charge in [-0.1, -0.05) is 17.7 Å². The van der Waals surface area contributed by atoms with Crippen molar-refractivity contribution in [2.24, 2.45) is 0 Å². The molecule has 2 rings (SSSR count). The third kappa shape index (κ3) is 4.64. The number of thiophene rings is 1. The minimum atomic E-state index is -0.494. The highest BCUT2D eigenvalue weighted by atomic mass is 35.5. The number of hydrogen-bond acceptors (Lipinski definition) is 6. The van der Waals surface area contributed by atoms with E-state index in [0.29, 0.717) is 17.1 Å². The molecule has 1 N–H and O–H groups in total. The van der Waals surface area contributed by atoms with Crippen molar-refractivity contribution in [3.05, 3.63) is 45.1 Å². The average molecular weight is 384 g/mol. The van der Waals surface area contributed by atoms with Crippen molar-refractivity contribution in [2.75, 3.05) is 21.3 Å². The topological polar surface area (TPSA) is 73.9 Å². The van der Waals surface area contributed by atoms with Crippen LogP contribution in [0, 0.1) is 0 Å². The van der Waals surface area contributed by atoms with E-state index in [1.54, 1.807) is 0 Å². The number of methoxy groups -OCH3 is 3. The Balaban J connectivity index is 2.26. The molecule has 0 bridgehead atoms. The third-order valence-corrected chi connectivity index (χ3v) is 4.75. The molecule has 134 valence electrons. The molecule has 0 spiro atoms. The molecule has 0 fully saturated rings. The lowest BCUT2D eigenvalue weighted by molar-refractivity contribution is -0.141. The SMILES string of the molecule is COC(=O)C[C@@H](NC(=O)c1cc(Cl)c(OC)c(OC)c1)c1cccs1. The van der Waals surface area contributed by atoms with Crippen LogP contribution in [0.1, 0.15) is 27.7 Å². The largest absolute Gasteiger partial charge is 0.493 e. The number of nitrogens with one attached hydrogen (secondary N) is 1. The molecule has 1 heterocycles. The zero-order valence-electron chi connectivity index (χ0n) is 14.0. The first-order chi connectivity index (χ1) is 12.0. The third-order valence-electron chi connectivity index (χ3n) is 3.49. The summed E-state index contributed by atoms with van der Waals surface area (Å²) in [7, 11) is 4.23. The minimum Gasteiger partial charge on any atom is -0.493 e. The molecule has 6 nitrogen and oxygen atoms in total. The van der Waals surface area contributed by atoms with Gasteiger partial charge in [-0.25, -0.2) is 0 Å². The molecular formula is C17H18ClNO5S. The summed E-state index contributed by atoms with van der Waals surface area (Å²) in [6, 6.07) is 6.22. The van der Waals surface area contributed by atoms with Crippen LogP contribution >= 0.6 is 22.9 Å². The number of rotatable bonds is 7. The van der Waals surface area contributed by atoms with Gasteiger partial charge >= 0.3 is 5.97 Å². The molecule has 0 aliphatic carbocycles. The fraction of sp³-hybridized carbons (Fsp3) is 0.294. The Hall–Kier alpha value is -2.25. The van der Waals surface area contributed by atoms with E-state index in [4.69, 9.17) is 25.8 Å². The summed E-state index contributed by atoms with van der Waals surface area (Å²) in [5.74, 6) is -0.0972. The quantitative estimate of drug-likeness (QED) is 0.741. The van der Waals surface area contributed by atoms with E-state index >= 15 is 0 Å². The van der Waals surface area contributed by atoms with Gasteiger partial charge in [-0.05, 0) is 23.6 Å². The number of esters is 1. The second-order valence-electron chi connectivity index (χ2n) is 5.02. The molecule has 0 aliphatic heterocycles. The first-order valence-electron chi connectivity index (χ1n) is 7.32. The van der Waals surface area contributed by atoms with Crippen LogP contribution in [0.4, 0.5) is 0 Å². The van der Waals surface area contributed by atoms with Crippen LogP contribution in [-0.4, -0.2) is 33.2 Å². The first-order valence-corrected chi connectivity index (χ1v) is 8.58. The van der Waals surface area contributed by atoms with Crippen LogP contribution in [0.2, 0.25) is 5.02 Å². The molecule has 0 saturated carbocycles. The first kappa shape index (κ1) is 19.1. The summed E-state index contributed by atoms with van der Waals surface area (Å²) < 4.78 is 15.1. The molecule has 0 saturated heterocycles. The maximum atomic E-state index is 12.6. The predicted octanol–water partition coefficient (Wildman–Crippen LogP) is 3.45. The summed E-state index contributed by atoms with van der Waals surface area (Å²) in [4.78, 5) is 25.1. The normalized spacial score (nSPS) is 11.5. The maximum Gasteiger partial charge on any atom is 0.307 e. The van der Waals surface area contributed by atoms with Crippen LogP contribution in [0.15, 0.2) is 29.6 Å². The second-order valence-corrected chi connectivity index (χ2v) is 6.40. The molecule has 1 amide bonds. The standard InChI is InChI=1S/C17H18ClNO5S/c1-22-13-8-10(7-11(18)16(13)24-3)17(21)19-12(9-15(20)23-2)14-5-4-6-25-14/h4-8,12H,9H2,1-3H3,(H,19,21)/t12-/m1/s1.